The van der Waals surface area contributed by atoms with Crippen LogP contribution in [0, 0.1) is 0 Å². The zero-order valence-corrected chi connectivity index (χ0v) is 11.3. The van der Waals surface area contributed by atoms with Gasteiger partial charge in [-0.15, -0.1) is 0 Å². The normalized spacial score (nSPS) is 22.7. The van der Waals surface area contributed by atoms with Crippen LogP contribution in [-0.2, 0) is 6.42 Å². The maximum atomic E-state index is 10.2. The first-order valence-electron chi connectivity index (χ1n) is 6.93. The summed E-state index contributed by atoms with van der Waals surface area (Å²) in [6, 6.07) is 8.07. The first-order valence-corrected chi connectivity index (χ1v) is 6.93. The van der Waals surface area contributed by atoms with E-state index >= 15 is 0 Å². The zero-order chi connectivity index (χ0) is 13.0. The van der Waals surface area contributed by atoms with Crippen molar-refractivity contribution in [2.24, 2.45) is 0 Å². The molecule has 0 saturated carbocycles. The zero-order valence-electron chi connectivity index (χ0n) is 11.3. The predicted molar refractivity (Wildman–Crippen MR) is 72.7 cm³/mol. The van der Waals surface area contributed by atoms with Gasteiger partial charge in [0.2, 0.25) is 6.29 Å². The Bertz CT molecular complexity index is 375. The van der Waals surface area contributed by atoms with Crippen LogP contribution in [0.5, 0.6) is 5.75 Å². The second kappa shape index (κ2) is 6.21. The highest BCUT2D eigenvalue weighted by Crippen LogP contribution is 2.29. The van der Waals surface area contributed by atoms with Gasteiger partial charge in [-0.25, -0.2) is 0 Å². The highest BCUT2D eigenvalue weighted by atomic mass is 16.6. The van der Waals surface area contributed by atoms with Gasteiger partial charge < -0.3 is 9.84 Å². The number of ether oxygens (including phenoxy) is 1. The van der Waals surface area contributed by atoms with Crippen LogP contribution in [0.3, 0.4) is 0 Å². The molecule has 100 valence electrons. The minimum Gasteiger partial charge on any atom is -0.463 e. The minimum atomic E-state index is -0.710. The fourth-order valence-electron chi connectivity index (χ4n) is 2.65. The molecule has 0 saturated heterocycles. The first-order chi connectivity index (χ1) is 8.76. The number of aliphatic hydroxyl groups is 1. The summed E-state index contributed by atoms with van der Waals surface area (Å²) in [6.45, 7) is 6.38. The third-order valence-electron chi connectivity index (χ3n) is 3.47. The smallest absolute Gasteiger partial charge is 0.213 e. The largest absolute Gasteiger partial charge is 0.463 e. The molecule has 1 heterocycles. The third-order valence-corrected chi connectivity index (χ3v) is 3.47. The first kappa shape index (κ1) is 13.4. The van der Waals surface area contributed by atoms with Gasteiger partial charge >= 0.3 is 0 Å². The van der Waals surface area contributed by atoms with Crippen molar-refractivity contribution in [1.29, 1.82) is 0 Å². The second-order valence-corrected chi connectivity index (χ2v) is 4.92. The average Bonchev–Trinajstić information content (AvgIpc) is 2.38. The Kier molecular flexibility index (Phi) is 4.61. The lowest BCUT2D eigenvalue weighted by atomic mass is 10.00. The molecular weight excluding hydrogens is 226 g/mol. The van der Waals surface area contributed by atoms with Crippen LogP contribution >= 0.6 is 0 Å². The van der Waals surface area contributed by atoms with Gasteiger partial charge in [-0.05, 0) is 44.0 Å². The Balaban J connectivity index is 2.14. The van der Waals surface area contributed by atoms with Gasteiger partial charge in [0.05, 0.1) is 6.04 Å². The second-order valence-electron chi connectivity index (χ2n) is 4.92. The summed E-state index contributed by atoms with van der Waals surface area (Å²) in [4.78, 5) is 2.35. The van der Waals surface area contributed by atoms with Gasteiger partial charge in [0.15, 0.2) is 0 Å². The molecule has 1 aromatic carbocycles. The molecule has 0 spiro atoms. The van der Waals surface area contributed by atoms with E-state index in [0.29, 0.717) is 0 Å². The SMILES string of the molecule is CCCN(CCC)C1Cc2ccccc2OC1O. The molecule has 0 radical (unpaired) electrons. The summed E-state index contributed by atoms with van der Waals surface area (Å²) in [7, 11) is 0. The Hall–Kier alpha value is -1.06. The van der Waals surface area contributed by atoms with Crippen LogP contribution in [0.25, 0.3) is 0 Å². The Morgan fingerprint density at radius 1 is 1.22 bits per heavy atom. The molecule has 0 aliphatic carbocycles. The molecule has 0 fully saturated rings. The quantitative estimate of drug-likeness (QED) is 0.870. The summed E-state index contributed by atoms with van der Waals surface area (Å²) < 4.78 is 5.63. The molecule has 1 aliphatic heterocycles. The molecule has 1 aliphatic rings. The van der Waals surface area contributed by atoms with Crippen molar-refractivity contribution in [3.63, 3.8) is 0 Å². The van der Waals surface area contributed by atoms with Gasteiger partial charge in [-0.3, -0.25) is 4.90 Å². The van der Waals surface area contributed by atoms with Crippen molar-refractivity contribution in [2.45, 2.75) is 45.4 Å². The van der Waals surface area contributed by atoms with E-state index < -0.39 is 6.29 Å². The molecule has 0 aromatic heterocycles. The topological polar surface area (TPSA) is 32.7 Å². The van der Waals surface area contributed by atoms with Crippen molar-refractivity contribution >= 4 is 0 Å². The van der Waals surface area contributed by atoms with E-state index in [9.17, 15) is 5.11 Å². The maximum absolute atomic E-state index is 10.2. The number of para-hydroxylation sites is 1. The molecule has 1 N–H and O–H groups in total. The molecule has 2 rings (SSSR count). The number of aliphatic hydroxyl groups excluding tert-OH is 1. The lowest BCUT2D eigenvalue weighted by molar-refractivity contribution is -0.0914. The molecule has 3 heteroatoms. The van der Waals surface area contributed by atoms with Crippen LogP contribution in [0.2, 0.25) is 0 Å². The van der Waals surface area contributed by atoms with E-state index in [-0.39, 0.29) is 6.04 Å². The number of benzene rings is 1. The van der Waals surface area contributed by atoms with E-state index in [1.807, 2.05) is 18.2 Å². The highest BCUT2D eigenvalue weighted by molar-refractivity contribution is 5.36. The number of nitrogens with zero attached hydrogens (tertiary/aromatic N) is 1. The fraction of sp³-hybridized carbons (Fsp3) is 0.600. The third kappa shape index (κ3) is 2.85. The summed E-state index contributed by atoms with van der Waals surface area (Å²) in [6.07, 6.45) is 2.37. The maximum Gasteiger partial charge on any atom is 0.213 e. The molecule has 0 amide bonds. The number of hydrogen-bond donors (Lipinski definition) is 1. The highest BCUT2D eigenvalue weighted by Gasteiger charge is 2.32. The molecule has 0 bridgehead atoms. The van der Waals surface area contributed by atoms with E-state index in [0.717, 1.165) is 38.1 Å². The van der Waals surface area contributed by atoms with Crippen LogP contribution in [-0.4, -0.2) is 35.4 Å². The number of hydrogen-bond acceptors (Lipinski definition) is 3. The van der Waals surface area contributed by atoms with Crippen molar-refractivity contribution in [2.75, 3.05) is 13.1 Å². The van der Waals surface area contributed by atoms with Gasteiger partial charge in [-0.2, -0.15) is 0 Å². The molecule has 18 heavy (non-hydrogen) atoms. The summed E-state index contributed by atoms with van der Waals surface area (Å²) >= 11 is 0. The van der Waals surface area contributed by atoms with E-state index in [2.05, 4.69) is 24.8 Å². The van der Waals surface area contributed by atoms with Gasteiger partial charge in [0.25, 0.3) is 0 Å². The monoisotopic (exact) mass is 249 g/mol. The van der Waals surface area contributed by atoms with Gasteiger partial charge in [-0.1, -0.05) is 32.0 Å². The fourth-order valence-corrected chi connectivity index (χ4v) is 2.65. The number of rotatable bonds is 5. The van der Waals surface area contributed by atoms with E-state index in [1.165, 1.54) is 5.56 Å². The van der Waals surface area contributed by atoms with Crippen LogP contribution in [0.4, 0.5) is 0 Å². The minimum absolute atomic E-state index is 0.0831. The van der Waals surface area contributed by atoms with E-state index in [4.69, 9.17) is 4.74 Å². The predicted octanol–water partition coefficient (Wildman–Crippen LogP) is 2.43. The van der Waals surface area contributed by atoms with Crippen molar-refractivity contribution < 1.29 is 9.84 Å². The molecule has 2 atom stereocenters. The standard InChI is InChI=1S/C15H23NO2/c1-3-9-16(10-4-2)13-11-12-7-5-6-8-14(12)18-15(13)17/h5-8,13,15,17H,3-4,9-11H2,1-2H3. The van der Waals surface area contributed by atoms with Gasteiger partial charge in [0.1, 0.15) is 5.75 Å². The summed E-state index contributed by atoms with van der Waals surface area (Å²) in [5, 5.41) is 10.2. The Morgan fingerprint density at radius 3 is 2.56 bits per heavy atom. The molecule has 3 nitrogen and oxygen atoms in total. The molecule has 1 aromatic rings. The van der Waals surface area contributed by atoms with Crippen LogP contribution in [0.1, 0.15) is 32.3 Å². The molecular formula is C15H23NO2. The Labute approximate surface area is 109 Å². The average molecular weight is 249 g/mol. The van der Waals surface area contributed by atoms with Crippen LogP contribution < -0.4 is 4.74 Å². The Morgan fingerprint density at radius 2 is 1.89 bits per heavy atom. The lowest BCUT2D eigenvalue weighted by Crippen LogP contribution is -2.50. The summed E-state index contributed by atoms with van der Waals surface area (Å²) in [5.74, 6) is 0.828. The molecule has 2 unspecified atom stereocenters. The number of fused-ring (bicyclic) bond motifs is 1. The van der Waals surface area contributed by atoms with Crippen molar-refractivity contribution in [1.82, 2.24) is 4.90 Å². The summed E-state index contributed by atoms with van der Waals surface area (Å²) in [5.41, 5.74) is 1.20. The van der Waals surface area contributed by atoms with E-state index in [1.54, 1.807) is 0 Å². The lowest BCUT2D eigenvalue weighted by Gasteiger charge is -2.38. The van der Waals surface area contributed by atoms with Crippen LogP contribution in [0.15, 0.2) is 24.3 Å². The van der Waals surface area contributed by atoms with Crippen molar-refractivity contribution in [3.8, 4) is 5.75 Å². The van der Waals surface area contributed by atoms with Crippen molar-refractivity contribution in [3.05, 3.63) is 29.8 Å². The van der Waals surface area contributed by atoms with Gasteiger partial charge in [0, 0.05) is 0 Å².